The average Bonchev–Trinajstić information content (AvgIpc) is 3.18. The first-order valence-electron chi connectivity index (χ1n) is 7.86. The van der Waals surface area contributed by atoms with Crippen molar-refractivity contribution in [1.29, 1.82) is 0 Å². The number of hydrogen-bond donors (Lipinski definition) is 3. The Morgan fingerprint density at radius 2 is 2.05 bits per heavy atom. The Bertz CT molecular complexity index is 368. The number of hydrogen-bond acceptors (Lipinski definition) is 3. The number of carbonyl (C=O) groups excluding carboxylic acids is 2. The maximum absolute atomic E-state index is 12.2. The number of rotatable bonds is 6. The maximum Gasteiger partial charge on any atom is 0.240 e. The van der Waals surface area contributed by atoms with Gasteiger partial charge in [0.1, 0.15) is 0 Å². The molecule has 0 aromatic rings. The number of amides is 2. The van der Waals surface area contributed by atoms with E-state index in [4.69, 9.17) is 5.73 Å². The fourth-order valence-electron chi connectivity index (χ4n) is 2.95. The highest BCUT2D eigenvalue weighted by Crippen LogP contribution is 2.30. The highest BCUT2D eigenvalue weighted by atomic mass is 16.2. The van der Waals surface area contributed by atoms with Crippen molar-refractivity contribution < 1.29 is 9.59 Å². The Labute approximate surface area is 121 Å². The van der Waals surface area contributed by atoms with Gasteiger partial charge in [-0.3, -0.25) is 9.59 Å². The lowest BCUT2D eigenvalue weighted by Crippen LogP contribution is -2.56. The van der Waals surface area contributed by atoms with E-state index in [-0.39, 0.29) is 11.8 Å². The monoisotopic (exact) mass is 281 g/mol. The summed E-state index contributed by atoms with van der Waals surface area (Å²) >= 11 is 0. The van der Waals surface area contributed by atoms with Crippen molar-refractivity contribution in [2.24, 2.45) is 11.7 Å². The van der Waals surface area contributed by atoms with Gasteiger partial charge in [-0.15, -0.1) is 0 Å². The summed E-state index contributed by atoms with van der Waals surface area (Å²) in [7, 11) is 0. The lowest BCUT2D eigenvalue weighted by molar-refractivity contribution is -0.128. The van der Waals surface area contributed by atoms with Crippen LogP contribution in [-0.4, -0.2) is 29.9 Å². The first kappa shape index (κ1) is 15.3. The minimum Gasteiger partial charge on any atom is -0.354 e. The molecular formula is C15H27N3O2. The maximum atomic E-state index is 12.2. The van der Waals surface area contributed by atoms with Crippen LogP contribution in [0.3, 0.4) is 0 Å². The third-order valence-electron chi connectivity index (χ3n) is 4.29. The lowest BCUT2D eigenvalue weighted by atomic mass is 9.76. The van der Waals surface area contributed by atoms with Crippen LogP contribution in [0.5, 0.6) is 0 Å². The van der Waals surface area contributed by atoms with E-state index in [1.54, 1.807) is 0 Å². The number of nitrogens with two attached hydrogens (primary N) is 1. The van der Waals surface area contributed by atoms with Crippen LogP contribution in [0, 0.1) is 5.92 Å². The zero-order valence-corrected chi connectivity index (χ0v) is 12.4. The minimum atomic E-state index is -0.700. The first-order valence-corrected chi connectivity index (χ1v) is 7.86. The molecule has 2 aliphatic carbocycles. The summed E-state index contributed by atoms with van der Waals surface area (Å²) in [4.78, 5) is 23.7. The van der Waals surface area contributed by atoms with Gasteiger partial charge in [-0.25, -0.2) is 0 Å². The normalized spacial score (nSPS) is 29.8. The Morgan fingerprint density at radius 3 is 2.70 bits per heavy atom. The summed E-state index contributed by atoms with van der Waals surface area (Å²) in [5.41, 5.74) is 5.52. The van der Waals surface area contributed by atoms with E-state index < -0.39 is 5.54 Å². The van der Waals surface area contributed by atoms with Crippen LogP contribution in [0.1, 0.15) is 58.3 Å². The van der Waals surface area contributed by atoms with Crippen molar-refractivity contribution >= 4 is 11.8 Å². The van der Waals surface area contributed by atoms with Gasteiger partial charge in [0.2, 0.25) is 11.8 Å². The summed E-state index contributed by atoms with van der Waals surface area (Å²) in [6.45, 7) is 2.68. The van der Waals surface area contributed by atoms with Crippen LogP contribution in [0.15, 0.2) is 0 Å². The fourth-order valence-corrected chi connectivity index (χ4v) is 2.95. The van der Waals surface area contributed by atoms with Gasteiger partial charge in [-0.1, -0.05) is 19.8 Å². The van der Waals surface area contributed by atoms with Gasteiger partial charge < -0.3 is 16.4 Å². The van der Waals surface area contributed by atoms with Gasteiger partial charge in [-0.05, 0) is 38.0 Å². The molecule has 0 radical (unpaired) electrons. The predicted molar refractivity (Wildman–Crippen MR) is 78.0 cm³/mol. The van der Waals surface area contributed by atoms with E-state index >= 15 is 0 Å². The smallest absolute Gasteiger partial charge is 0.240 e. The van der Waals surface area contributed by atoms with Crippen molar-refractivity contribution in [2.75, 3.05) is 6.54 Å². The first-order chi connectivity index (χ1) is 9.49. The SMILES string of the molecule is CC1CCCC(N)(C(=O)NCCCC(=O)NC2CC2)C1. The molecular weight excluding hydrogens is 254 g/mol. The highest BCUT2D eigenvalue weighted by Gasteiger charge is 2.37. The molecule has 4 N–H and O–H groups in total. The predicted octanol–water partition coefficient (Wildman–Crippen LogP) is 1.07. The highest BCUT2D eigenvalue weighted by molar-refractivity contribution is 5.86. The van der Waals surface area contributed by atoms with E-state index in [0.29, 0.717) is 31.3 Å². The van der Waals surface area contributed by atoms with Crippen molar-refractivity contribution in [3.8, 4) is 0 Å². The lowest BCUT2D eigenvalue weighted by Gasteiger charge is -2.35. The molecule has 0 bridgehead atoms. The molecule has 0 spiro atoms. The molecule has 2 saturated carbocycles. The van der Waals surface area contributed by atoms with Crippen LogP contribution in [0.25, 0.3) is 0 Å². The van der Waals surface area contributed by atoms with Gasteiger partial charge in [0, 0.05) is 19.0 Å². The fraction of sp³-hybridized carbons (Fsp3) is 0.867. The number of nitrogens with one attached hydrogen (secondary N) is 2. The van der Waals surface area contributed by atoms with E-state index in [2.05, 4.69) is 17.6 Å². The quantitative estimate of drug-likeness (QED) is 0.637. The molecule has 0 saturated heterocycles. The van der Waals surface area contributed by atoms with Gasteiger partial charge in [0.05, 0.1) is 5.54 Å². The Morgan fingerprint density at radius 1 is 1.30 bits per heavy atom. The van der Waals surface area contributed by atoms with Gasteiger partial charge in [0.25, 0.3) is 0 Å². The van der Waals surface area contributed by atoms with Crippen LogP contribution in [0.4, 0.5) is 0 Å². The van der Waals surface area contributed by atoms with Crippen molar-refractivity contribution in [2.45, 2.75) is 69.9 Å². The summed E-state index contributed by atoms with van der Waals surface area (Å²) in [6.07, 6.45) is 7.09. The van der Waals surface area contributed by atoms with Crippen molar-refractivity contribution in [1.82, 2.24) is 10.6 Å². The van der Waals surface area contributed by atoms with E-state index in [1.165, 1.54) is 0 Å². The molecule has 2 unspecified atom stereocenters. The molecule has 5 heteroatoms. The van der Waals surface area contributed by atoms with Crippen LogP contribution < -0.4 is 16.4 Å². The van der Waals surface area contributed by atoms with Crippen LogP contribution in [-0.2, 0) is 9.59 Å². The molecule has 2 rings (SSSR count). The second-order valence-electron chi connectivity index (χ2n) is 6.56. The molecule has 20 heavy (non-hydrogen) atoms. The van der Waals surface area contributed by atoms with Crippen molar-refractivity contribution in [3.63, 3.8) is 0 Å². The Kier molecular flexibility index (Phi) is 5.02. The molecule has 2 aliphatic rings. The molecule has 2 amide bonds. The third-order valence-corrected chi connectivity index (χ3v) is 4.29. The number of carbonyl (C=O) groups is 2. The van der Waals surface area contributed by atoms with E-state index in [9.17, 15) is 9.59 Å². The summed E-state index contributed by atoms with van der Waals surface area (Å²) in [6, 6.07) is 0.410. The summed E-state index contributed by atoms with van der Waals surface area (Å²) < 4.78 is 0. The van der Waals surface area contributed by atoms with E-state index in [1.807, 2.05) is 0 Å². The molecule has 114 valence electrons. The van der Waals surface area contributed by atoms with Crippen LogP contribution in [0.2, 0.25) is 0 Å². The second-order valence-corrected chi connectivity index (χ2v) is 6.56. The topological polar surface area (TPSA) is 84.2 Å². The Balaban J connectivity index is 1.62. The molecule has 0 aliphatic heterocycles. The minimum absolute atomic E-state index is 0.0494. The standard InChI is InChI=1S/C15H27N3O2/c1-11-4-2-8-15(16,10-11)14(20)17-9-3-5-13(19)18-12-6-7-12/h11-12H,2-10,16H2,1H3,(H,17,20)(H,18,19). The Hall–Kier alpha value is -1.10. The molecule has 2 atom stereocenters. The molecule has 2 fully saturated rings. The average molecular weight is 281 g/mol. The molecule has 5 nitrogen and oxygen atoms in total. The van der Waals surface area contributed by atoms with Gasteiger partial charge in [-0.2, -0.15) is 0 Å². The molecule has 0 heterocycles. The zero-order valence-electron chi connectivity index (χ0n) is 12.4. The van der Waals surface area contributed by atoms with Gasteiger partial charge >= 0.3 is 0 Å². The summed E-state index contributed by atoms with van der Waals surface area (Å²) in [5.74, 6) is 0.561. The van der Waals surface area contributed by atoms with Crippen LogP contribution >= 0.6 is 0 Å². The molecule has 0 aromatic heterocycles. The second kappa shape index (κ2) is 6.57. The third kappa shape index (κ3) is 4.47. The zero-order chi connectivity index (χ0) is 14.6. The van der Waals surface area contributed by atoms with Gasteiger partial charge in [0.15, 0.2) is 0 Å². The van der Waals surface area contributed by atoms with E-state index in [0.717, 1.165) is 38.5 Å². The summed E-state index contributed by atoms with van der Waals surface area (Å²) in [5, 5.41) is 5.84. The van der Waals surface area contributed by atoms with Crippen molar-refractivity contribution in [3.05, 3.63) is 0 Å². The largest absolute Gasteiger partial charge is 0.354 e. The molecule has 0 aromatic carbocycles.